The summed E-state index contributed by atoms with van der Waals surface area (Å²) in [5.41, 5.74) is 2.74. The van der Waals surface area contributed by atoms with E-state index in [9.17, 15) is 4.79 Å². The lowest BCUT2D eigenvalue weighted by molar-refractivity contribution is -0.120. The molecule has 1 unspecified atom stereocenters. The summed E-state index contributed by atoms with van der Waals surface area (Å²) in [6.07, 6.45) is 5.12. The maximum Gasteiger partial charge on any atom is 0.233 e. The number of carbonyl (C=O) groups excluding carboxylic acids is 1. The predicted octanol–water partition coefficient (Wildman–Crippen LogP) is 3.36. The van der Waals surface area contributed by atoms with Gasteiger partial charge in [-0.3, -0.25) is 4.79 Å². The number of hydrogen-bond acceptors (Lipinski definition) is 2. The fraction of sp³-hybridized carbons (Fsp3) is 0.471. The molecule has 0 fully saturated rings. The fourth-order valence-corrected chi connectivity index (χ4v) is 2.55. The topological polar surface area (TPSA) is 29.1 Å². The molecular formula is C17H23NOS. The highest BCUT2D eigenvalue weighted by Gasteiger charge is 2.14. The smallest absolute Gasteiger partial charge is 0.233 e. The Labute approximate surface area is 126 Å². The Morgan fingerprint density at radius 2 is 1.95 bits per heavy atom. The zero-order valence-corrected chi connectivity index (χ0v) is 13.5. The van der Waals surface area contributed by atoms with E-state index >= 15 is 0 Å². The van der Waals surface area contributed by atoms with Crippen molar-refractivity contribution < 1.29 is 4.79 Å². The predicted molar refractivity (Wildman–Crippen MR) is 87.7 cm³/mol. The molecule has 0 aromatic heterocycles. The maximum absolute atomic E-state index is 11.7. The van der Waals surface area contributed by atoms with Gasteiger partial charge in [-0.05, 0) is 23.5 Å². The quantitative estimate of drug-likeness (QED) is 0.842. The first-order chi connectivity index (χ1) is 9.34. The molecule has 1 aromatic carbocycles. The molecule has 0 heterocycles. The van der Waals surface area contributed by atoms with Crippen molar-refractivity contribution >= 4 is 17.7 Å². The summed E-state index contributed by atoms with van der Waals surface area (Å²) in [5.74, 6) is 3.23. The van der Waals surface area contributed by atoms with Gasteiger partial charge in [-0.25, -0.2) is 0 Å². The number of thioether (sulfide) groups is 1. The summed E-state index contributed by atoms with van der Waals surface area (Å²) in [7, 11) is 0. The Morgan fingerprint density at radius 3 is 2.45 bits per heavy atom. The van der Waals surface area contributed by atoms with E-state index in [1.807, 2.05) is 6.92 Å². The first kappa shape index (κ1) is 16.7. The Balaban J connectivity index is 2.50. The van der Waals surface area contributed by atoms with Crippen LogP contribution < -0.4 is 5.32 Å². The molecule has 0 aliphatic rings. The summed E-state index contributed by atoms with van der Waals surface area (Å²) in [4.78, 5) is 11.7. The molecular weight excluding hydrogens is 266 g/mol. The molecule has 1 atom stereocenters. The minimum Gasteiger partial charge on any atom is -0.344 e. The number of hydrogen-bond donors (Lipinski definition) is 1. The van der Waals surface area contributed by atoms with Gasteiger partial charge in [0.05, 0.1) is 11.8 Å². The van der Waals surface area contributed by atoms with E-state index < -0.39 is 0 Å². The average Bonchev–Trinajstić information content (AvgIpc) is 2.41. The van der Waals surface area contributed by atoms with E-state index in [0.29, 0.717) is 6.54 Å². The first-order valence-corrected chi connectivity index (χ1v) is 7.81. The lowest BCUT2D eigenvalue weighted by atomic mass is 9.87. The summed E-state index contributed by atoms with van der Waals surface area (Å²) < 4.78 is 0. The Hall–Kier alpha value is -1.40. The largest absolute Gasteiger partial charge is 0.344 e. The van der Waals surface area contributed by atoms with Crippen molar-refractivity contribution in [1.29, 1.82) is 0 Å². The van der Waals surface area contributed by atoms with Gasteiger partial charge >= 0.3 is 0 Å². The molecule has 0 aliphatic carbocycles. The van der Waals surface area contributed by atoms with Gasteiger partial charge in [-0.15, -0.1) is 18.2 Å². The number of carbonyl (C=O) groups is 1. The van der Waals surface area contributed by atoms with Crippen LogP contribution in [-0.4, -0.2) is 17.7 Å². The highest BCUT2D eigenvalue weighted by molar-refractivity contribution is 7.99. The van der Waals surface area contributed by atoms with Crippen molar-refractivity contribution in [2.45, 2.75) is 44.1 Å². The fourth-order valence-electron chi connectivity index (χ4n) is 1.68. The number of rotatable bonds is 5. The molecule has 0 radical (unpaired) electrons. The number of benzene rings is 1. The SMILES string of the molecule is C#CCNC(=O)C(C)SCc1ccc(C(C)(C)C)cc1. The van der Waals surface area contributed by atoms with Crippen molar-refractivity contribution in [3.05, 3.63) is 35.4 Å². The van der Waals surface area contributed by atoms with Gasteiger partial charge in [-0.2, -0.15) is 0 Å². The monoisotopic (exact) mass is 289 g/mol. The second-order valence-corrected chi connectivity index (χ2v) is 7.15. The normalized spacial score (nSPS) is 12.6. The highest BCUT2D eigenvalue weighted by atomic mass is 32.2. The van der Waals surface area contributed by atoms with Gasteiger partial charge in [0, 0.05) is 5.75 Å². The van der Waals surface area contributed by atoms with Crippen LogP contribution >= 0.6 is 11.8 Å². The van der Waals surface area contributed by atoms with Crippen molar-refractivity contribution in [2.75, 3.05) is 6.54 Å². The third-order valence-corrected chi connectivity index (χ3v) is 4.27. The van der Waals surface area contributed by atoms with Gasteiger partial charge in [0.1, 0.15) is 0 Å². The van der Waals surface area contributed by atoms with Gasteiger partial charge < -0.3 is 5.32 Å². The van der Waals surface area contributed by atoms with E-state index in [1.165, 1.54) is 11.1 Å². The van der Waals surface area contributed by atoms with Crippen molar-refractivity contribution in [3.8, 4) is 12.3 Å². The van der Waals surface area contributed by atoms with Gasteiger partial charge in [0.25, 0.3) is 0 Å². The first-order valence-electron chi connectivity index (χ1n) is 6.77. The van der Waals surface area contributed by atoms with E-state index in [2.05, 4.69) is 56.3 Å². The molecule has 1 aromatic rings. The van der Waals surface area contributed by atoms with Crippen LogP contribution in [0.25, 0.3) is 0 Å². The van der Waals surface area contributed by atoms with Crippen LogP contribution in [0.15, 0.2) is 24.3 Å². The summed E-state index contributed by atoms with van der Waals surface area (Å²) in [6.45, 7) is 8.81. The van der Waals surface area contributed by atoms with Crippen LogP contribution in [0.4, 0.5) is 0 Å². The number of amides is 1. The average molecular weight is 289 g/mol. The second kappa shape index (κ2) is 7.40. The highest BCUT2D eigenvalue weighted by Crippen LogP contribution is 2.24. The van der Waals surface area contributed by atoms with Crippen molar-refractivity contribution in [2.24, 2.45) is 0 Å². The molecule has 0 bridgehead atoms. The minimum absolute atomic E-state index is 0.000684. The van der Waals surface area contributed by atoms with Gasteiger partial charge in [0.2, 0.25) is 5.91 Å². The van der Waals surface area contributed by atoms with Crippen LogP contribution in [0, 0.1) is 12.3 Å². The maximum atomic E-state index is 11.7. The van der Waals surface area contributed by atoms with Gasteiger partial charge in [-0.1, -0.05) is 51.0 Å². The zero-order chi connectivity index (χ0) is 15.2. The van der Waals surface area contributed by atoms with Crippen LogP contribution in [0.2, 0.25) is 0 Å². The molecule has 3 heteroatoms. The molecule has 1 N–H and O–H groups in total. The molecule has 108 valence electrons. The minimum atomic E-state index is -0.0920. The molecule has 0 spiro atoms. The zero-order valence-electron chi connectivity index (χ0n) is 12.7. The van der Waals surface area contributed by atoms with E-state index in [1.54, 1.807) is 11.8 Å². The van der Waals surface area contributed by atoms with Crippen LogP contribution in [0.5, 0.6) is 0 Å². The third kappa shape index (κ3) is 5.30. The summed E-state index contributed by atoms with van der Waals surface area (Å²) in [5, 5.41) is 2.61. The van der Waals surface area contributed by atoms with Crippen LogP contribution in [0.1, 0.15) is 38.8 Å². The number of nitrogens with one attached hydrogen (secondary N) is 1. The second-order valence-electron chi connectivity index (χ2n) is 5.82. The van der Waals surface area contributed by atoms with E-state index in [0.717, 1.165) is 5.75 Å². The lowest BCUT2D eigenvalue weighted by Crippen LogP contribution is -2.31. The number of terminal acetylenes is 1. The Morgan fingerprint density at radius 1 is 1.35 bits per heavy atom. The van der Waals surface area contributed by atoms with Gasteiger partial charge in [0.15, 0.2) is 0 Å². The summed E-state index contributed by atoms with van der Waals surface area (Å²) >= 11 is 1.62. The Bertz CT molecular complexity index is 479. The lowest BCUT2D eigenvalue weighted by Gasteiger charge is -2.19. The van der Waals surface area contributed by atoms with E-state index in [4.69, 9.17) is 6.42 Å². The summed E-state index contributed by atoms with van der Waals surface area (Å²) in [6, 6.07) is 8.61. The van der Waals surface area contributed by atoms with Crippen molar-refractivity contribution in [3.63, 3.8) is 0 Å². The Kier molecular flexibility index (Phi) is 6.16. The van der Waals surface area contributed by atoms with E-state index in [-0.39, 0.29) is 16.6 Å². The molecule has 20 heavy (non-hydrogen) atoms. The molecule has 0 saturated heterocycles. The standard InChI is InChI=1S/C17H23NOS/c1-6-11-18-16(19)13(2)20-12-14-7-9-15(10-8-14)17(3,4)5/h1,7-10,13H,11-12H2,2-5H3,(H,18,19). The van der Waals surface area contributed by atoms with Crippen molar-refractivity contribution in [1.82, 2.24) is 5.32 Å². The van der Waals surface area contributed by atoms with Crippen LogP contribution in [-0.2, 0) is 16.0 Å². The van der Waals surface area contributed by atoms with Crippen LogP contribution in [0.3, 0.4) is 0 Å². The molecule has 0 saturated carbocycles. The molecule has 1 rings (SSSR count). The third-order valence-electron chi connectivity index (χ3n) is 3.05. The molecule has 2 nitrogen and oxygen atoms in total. The molecule has 0 aliphatic heterocycles. The molecule has 1 amide bonds.